The molecule has 0 spiro atoms. The molecule has 2 atom stereocenters. The Bertz CT molecular complexity index is 493. The van der Waals surface area contributed by atoms with Crippen LogP contribution in [0, 0.1) is 0 Å². The Kier molecular flexibility index (Phi) is 5.10. The molecule has 0 amide bonds. The zero-order valence-corrected chi connectivity index (χ0v) is 13.4. The van der Waals surface area contributed by atoms with Crippen LogP contribution in [-0.2, 0) is 6.42 Å². The van der Waals surface area contributed by atoms with E-state index < -0.39 is 0 Å². The molecule has 0 aromatic carbocycles. The SMILES string of the molecule is CC(Cc1cccs1)NC(C)c1cc(Cl)sc1Cl. The van der Waals surface area contributed by atoms with Crippen LogP contribution in [0.5, 0.6) is 0 Å². The monoisotopic (exact) mass is 319 g/mol. The van der Waals surface area contributed by atoms with E-state index in [1.807, 2.05) is 6.07 Å². The van der Waals surface area contributed by atoms with Crippen LogP contribution in [0.4, 0.5) is 0 Å². The second-order valence-corrected chi connectivity index (χ2v) is 7.67. The Balaban J connectivity index is 1.94. The van der Waals surface area contributed by atoms with Gasteiger partial charge < -0.3 is 5.32 Å². The van der Waals surface area contributed by atoms with Gasteiger partial charge in [-0.25, -0.2) is 0 Å². The summed E-state index contributed by atoms with van der Waals surface area (Å²) in [7, 11) is 0. The highest BCUT2D eigenvalue weighted by molar-refractivity contribution is 7.20. The Morgan fingerprint density at radius 3 is 2.67 bits per heavy atom. The Morgan fingerprint density at radius 2 is 2.11 bits per heavy atom. The van der Waals surface area contributed by atoms with Crippen LogP contribution in [0.2, 0.25) is 8.67 Å². The van der Waals surface area contributed by atoms with Gasteiger partial charge in [-0.15, -0.1) is 22.7 Å². The number of rotatable bonds is 5. The van der Waals surface area contributed by atoms with Crippen molar-refractivity contribution >= 4 is 45.9 Å². The molecule has 18 heavy (non-hydrogen) atoms. The van der Waals surface area contributed by atoms with Gasteiger partial charge in [0.1, 0.15) is 0 Å². The first-order chi connectivity index (χ1) is 8.56. The molecule has 0 aliphatic heterocycles. The molecule has 98 valence electrons. The van der Waals surface area contributed by atoms with Gasteiger partial charge in [0, 0.05) is 17.0 Å². The van der Waals surface area contributed by atoms with E-state index in [1.54, 1.807) is 11.3 Å². The molecule has 2 rings (SSSR count). The lowest BCUT2D eigenvalue weighted by Crippen LogP contribution is -2.30. The molecule has 2 unspecified atom stereocenters. The quantitative estimate of drug-likeness (QED) is 0.778. The summed E-state index contributed by atoms with van der Waals surface area (Å²) in [5.41, 5.74) is 1.09. The summed E-state index contributed by atoms with van der Waals surface area (Å²) in [6.07, 6.45) is 1.04. The van der Waals surface area contributed by atoms with Gasteiger partial charge in [0.2, 0.25) is 0 Å². The Hall–Kier alpha value is -0.0600. The minimum atomic E-state index is 0.219. The Labute approximate surface area is 126 Å². The molecule has 0 radical (unpaired) electrons. The first-order valence-electron chi connectivity index (χ1n) is 5.79. The molecule has 0 saturated carbocycles. The summed E-state index contributed by atoms with van der Waals surface area (Å²) in [5, 5.41) is 5.67. The van der Waals surface area contributed by atoms with Gasteiger partial charge >= 0.3 is 0 Å². The fourth-order valence-corrected chi connectivity index (χ4v) is 4.44. The second-order valence-electron chi connectivity index (χ2n) is 4.35. The van der Waals surface area contributed by atoms with Gasteiger partial charge in [-0.2, -0.15) is 0 Å². The third kappa shape index (κ3) is 3.72. The van der Waals surface area contributed by atoms with Crippen LogP contribution in [0.1, 0.15) is 30.3 Å². The summed E-state index contributed by atoms with van der Waals surface area (Å²) >= 11 is 15.4. The first-order valence-corrected chi connectivity index (χ1v) is 8.24. The lowest BCUT2D eigenvalue weighted by Gasteiger charge is -2.19. The van der Waals surface area contributed by atoms with Crippen LogP contribution in [-0.4, -0.2) is 6.04 Å². The maximum absolute atomic E-state index is 6.16. The van der Waals surface area contributed by atoms with Crippen molar-refractivity contribution in [2.45, 2.75) is 32.4 Å². The molecular weight excluding hydrogens is 305 g/mol. The molecule has 0 aliphatic carbocycles. The summed E-state index contributed by atoms with van der Waals surface area (Å²) in [5.74, 6) is 0. The van der Waals surface area contributed by atoms with Crippen LogP contribution >= 0.6 is 45.9 Å². The molecular formula is C13H15Cl2NS2. The highest BCUT2D eigenvalue weighted by Gasteiger charge is 2.15. The maximum atomic E-state index is 6.16. The minimum Gasteiger partial charge on any atom is -0.307 e. The van der Waals surface area contributed by atoms with Gasteiger partial charge in [-0.3, -0.25) is 0 Å². The van der Waals surface area contributed by atoms with Crippen molar-refractivity contribution in [3.05, 3.63) is 42.7 Å². The van der Waals surface area contributed by atoms with Crippen LogP contribution in [0.3, 0.4) is 0 Å². The molecule has 0 fully saturated rings. The van der Waals surface area contributed by atoms with Gasteiger partial charge in [-0.05, 0) is 43.3 Å². The average Bonchev–Trinajstić information content (AvgIpc) is 2.88. The third-order valence-corrected chi connectivity index (χ3v) is 5.19. The van der Waals surface area contributed by atoms with Crippen LogP contribution < -0.4 is 5.32 Å². The van der Waals surface area contributed by atoms with Gasteiger partial charge in [-0.1, -0.05) is 29.3 Å². The molecule has 2 aromatic heterocycles. The van der Waals surface area contributed by atoms with Crippen molar-refractivity contribution < 1.29 is 0 Å². The van der Waals surface area contributed by atoms with E-state index in [0.29, 0.717) is 6.04 Å². The zero-order chi connectivity index (χ0) is 13.1. The van der Waals surface area contributed by atoms with Crippen molar-refractivity contribution in [3.8, 4) is 0 Å². The van der Waals surface area contributed by atoms with Gasteiger partial charge in [0.15, 0.2) is 0 Å². The van der Waals surface area contributed by atoms with E-state index in [-0.39, 0.29) is 6.04 Å². The number of hydrogen-bond donors (Lipinski definition) is 1. The standard InChI is InChI=1S/C13H15Cl2NS2/c1-8(6-10-4-3-5-17-10)16-9(2)11-7-12(14)18-13(11)15/h3-5,7-9,16H,6H2,1-2H3. The first kappa shape index (κ1) is 14.4. The van der Waals surface area contributed by atoms with E-state index in [2.05, 4.69) is 36.7 Å². The van der Waals surface area contributed by atoms with Gasteiger partial charge in [0.25, 0.3) is 0 Å². The lowest BCUT2D eigenvalue weighted by atomic mass is 10.1. The highest BCUT2D eigenvalue weighted by atomic mass is 35.5. The molecule has 1 nitrogen and oxygen atoms in total. The summed E-state index contributed by atoms with van der Waals surface area (Å²) in [6.45, 7) is 4.31. The average molecular weight is 320 g/mol. The fraction of sp³-hybridized carbons (Fsp3) is 0.385. The molecule has 0 aliphatic rings. The number of nitrogens with one attached hydrogen (secondary N) is 1. The highest BCUT2D eigenvalue weighted by Crippen LogP contribution is 2.35. The lowest BCUT2D eigenvalue weighted by molar-refractivity contribution is 0.480. The molecule has 1 N–H and O–H groups in total. The number of hydrogen-bond acceptors (Lipinski definition) is 3. The molecule has 2 aromatic rings. The van der Waals surface area contributed by atoms with Crippen molar-refractivity contribution in [1.82, 2.24) is 5.32 Å². The topological polar surface area (TPSA) is 12.0 Å². The molecule has 0 saturated heterocycles. The van der Waals surface area contributed by atoms with Crippen molar-refractivity contribution in [2.75, 3.05) is 0 Å². The summed E-state index contributed by atoms with van der Waals surface area (Å²) in [6, 6.07) is 6.84. The summed E-state index contributed by atoms with van der Waals surface area (Å²) in [4.78, 5) is 1.40. The molecule has 2 heterocycles. The van der Waals surface area contributed by atoms with Crippen molar-refractivity contribution in [1.29, 1.82) is 0 Å². The Morgan fingerprint density at radius 1 is 1.33 bits per heavy atom. The maximum Gasteiger partial charge on any atom is 0.0991 e. The molecule has 0 bridgehead atoms. The van der Waals surface area contributed by atoms with E-state index >= 15 is 0 Å². The largest absolute Gasteiger partial charge is 0.307 e. The number of halogens is 2. The van der Waals surface area contributed by atoms with E-state index in [1.165, 1.54) is 16.2 Å². The smallest absolute Gasteiger partial charge is 0.0991 e. The predicted octanol–water partition coefficient (Wildman–Crippen LogP) is 5.40. The van der Waals surface area contributed by atoms with Crippen LogP contribution in [0.15, 0.2) is 23.6 Å². The van der Waals surface area contributed by atoms with Gasteiger partial charge in [0.05, 0.1) is 8.67 Å². The van der Waals surface area contributed by atoms with E-state index in [9.17, 15) is 0 Å². The number of thiophene rings is 2. The zero-order valence-electron chi connectivity index (χ0n) is 10.2. The minimum absolute atomic E-state index is 0.219. The van der Waals surface area contributed by atoms with E-state index in [4.69, 9.17) is 23.2 Å². The normalized spacial score (nSPS) is 14.7. The van der Waals surface area contributed by atoms with Crippen LogP contribution in [0.25, 0.3) is 0 Å². The van der Waals surface area contributed by atoms with Crippen molar-refractivity contribution in [3.63, 3.8) is 0 Å². The second kappa shape index (κ2) is 6.40. The fourth-order valence-electron chi connectivity index (χ4n) is 1.95. The molecule has 5 heteroatoms. The third-order valence-electron chi connectivity index (χ3n) is 2.77. The van der Waals surface area contributed by atoms with E-state index in [0.717, 1.165) is 20.7 Å². The van der Waals surface area contributed by atoms with Crippen molar-refractivity contribution in [2.24, 2.45) is 0 Å². The predicted molar refractivity (Wildman–Crippen MR) is 83.4 cm³/mol. The summed E-state index contributed by atoms with van der Waals surface area (Å²) < 4.78 is 1.53.